The maximum atomic E-state index is 13.2. The van der Waals surface area contributed by atoms with Crippen LogP contribution in [-0.2, 0) is 0 Å². The predicted octanol–water partition coefficient (Wildman–Crippen LogP) is 3.92. The van der Waals surface area contributed by atoms with Crippen LogP contribution in [-0.4, -0.2) is 19.0 Å². The summed E-state index contributed by atoms with van der Waals surface area (Å²) in [6.07, 6.45) is 1.87. The van der Waals surface area contributed by atoms with Gasteiger partial charge < -0.3 is 15.1 Å². The van der Waals surface area contributed by atoms with E-state index in [9.17, 15) is 9.59 Å². The first-order valence-electron chi connectivity index (χ1n) is 10.5. The van der Waals surface area contributed by atoms with E-state index in [1.165, 1.54) is 0 Å². The van der Waals surface area contributed by atoms with Gasteiger partial charge in [0.05, 0.1) is 6.04 Å². The van der Waals surface area contributed by atoms with Crippen LogP contribution in [0.15, 0.2) is 63.8 Å². The van der Waals surface area contributed by atoms with Crippen molar-refractivity contribution in [3.8, 4) is 11.1 Å². The van der Waals surface area contributed by atoms with E-state index in [1.807, 2.05) is 49.4 Å². The molecule has 0 bridgehead atoms. The number of carbonyl (C=O) groups excluding carboxylic acids is 1. The molecule has 2 heterocycles. The minimum atomic E-state index is -0.555. The molecule has 2 N–H and O–H groups in total. The molecule has 1 aromatic heterocycles. The van der Waals surface area contributed by atoms with Gasteiger partial charge in [-0.05, 0) is 66.7 Å². The van der Waals surface area contributed by atoms with Gasteiger partial charge in [-0.2, -0.15) is 0 Å². The van der Waals surface area contributed by atoms with E-state index < -0.39 is 11.5 Å². The molecule has 0 spiro atoms. The van der Waals surface area contributed by atoms with Crippen molar-refractivity contribution >= 4 is 5.91 Å². The van der Waals surface area contributed by atoms with Gasteiger partial charge in [-0.15, -0.1) is 0 Å². The minimum Gasteiger partial charge on any atom is -0.427 e. The lowest BCUT2D eigenvalue weighted by atomic mass is 9.94. The van der Waals surface area contributed by atoms with Crippen molar-refractivity contribution in [2.24, 2.45) is 0 Å². The lowest BCUT2D eigenvalue weighted by Gasteiger charge is -2.22. The van der Waals surface area contributed by atoms with Crippen LogP contribution < -0.4 is 16.3 Å². The Kier molecular flexibility index (Phi) is 4.75. The summed E-state index contributed by atoms with van der Waals surface area (Å²) in [4.78, 5) is 25.9. The smallest absolute Gasteiger partial charge is 0.349 e. The van der Waals surface area contributed by atoms with Crippen molar-refractivity contribution in [3.05, 3.63) is 93.0 Å². The first-order valence-corrected chi connectivity index (χ1v) is 10.5. The topological polar surface area (TPSA) is 71.3 Å². The fourth-order valence-electron chi connectivity index (χ4n) is 4.73. The highest BCUT2D eigenvalue weighted by Crippen LogP contribution is 2.43. The normalized spacial score (nSPS) is 16.2. The number of piperidine rings is 1. The quantitative estimate of drug-likeness (QED) is 0.699. The summed E-state index contributed by atoms with van der Waals surface area (Å²) in [5.41, 5.74) is 4.51. The molecule has 0 atom stereocenters. The third-order valence-corrected chi connectivity index (χ3v) is 6.25. The van der Waals surface area contributed by atoms with Gasteiger partial charge in [0.1, 0.15) is 11.3 Å². The zero-order chi connectivity index (χ0) is 20.7. The predicted molar refractivity (Wildman–Crippen MR) is 116 cm³/mol. The van der Waals surface area contributed by atoms with Crippen LogP contribution in [0.5, 0.6) is 0 Å². The summed E-state index contributed by atoms with van der Waals surface area (Å²) in [5.74, 6) is 0.519. The molecule has 30 heavy (non-hydrogen) atoms. The third kappa shape index (κ3) is 3.15. The summed E-state index contributed by atoms with van der Waals surface area (Å²) in [5, 5.41) is 6.40. The molecule has 3 aromatic rings. The Morgan fingerprint density at radius 1 is 1.00 bits per heavy atom. The third-order valence-electron chi connectivity index (χ3n) is 6.25. The molecule has 1 fully saturated rings. The number of benzene rings is 2. The molecule has 5 nitrogen and oxygen atoms in total. The molecule has 0 unspecified atom stereocenters. The number of rotatable bonds is 3. The Morgan fingerprint density at radius 3 is 2.20 bits per heavy atom. The summed E-state index contributed by atoms with van der Waals surface area (Å²) < 4.78 is 5.61. The molecule has 0 saturated carbocycles. The van der Waals surface area contributed by atoms with Gasteiger partial charge in [0.15, 0.2) is 0 Å². The van der Waals surface area contributed by atoms with Crippen LogP contribution in [0, 0.1) is 6.92 Å². The SMILES string of the molecule is Cc1cc(C2CCNCC2)oc(=O)c1C(=O)NC1c2ccccc2-c2ccccc21. The zero-order valence-electron chi connectivity index (χ0n) is 16.9. The lowest BCUT2D eigenvalue weighted by Crippen LogP contribution is -2.33. The van der Waals surface area contributed by atoms with Crippen molar-refractivity contribution < 1.29 is 9.21 Å². The number of fused-ring (bicyclic) bond motifs is 3. The summed E-state index contributed by atoms with van der Waals surface area (Å²) in [6, 6.07) is 17.7. The maximum Gasteiger partial charge on any atom is 0.349 e. The summed E-state index contributed by atoms with van der Waals surface area (Å²) >= 11 is 0. The Bertz CT molecular complexity index is 1130. The standard InChI is InChI=1S/C25H24N2O3/c1-15-14-21(16-10-12-26-13-11-16)30-25(29)22(15)24(28)27-23-19-8-4-2-6-17(19)18-7-3-5-9-20(18)23/h2-9,14,16,23,26H,10-13H2,1H3,(H,27,28). The first kappa shape index (κ1) is 18.8. The minimum absolute atomic E-state index is 0.0922. The van der Waals surface area contributed by atoms with Gasteiger partial charge in [0, 0.05) is 5.92 Å². The number of aryl methyl sites for hydroxylation is 1. The van der Waals surface area contributed by atoms with Crippen LogP contribution in [0.3, 0.4) is 0 Å². The van der Waals surface area contributed by atoms with Crippen LogP contribution in [0.25, 0.3) is 11.1 Å². The van der Waals surface area contributed by atoms with Crippen LogP contribution in [0.2, 0.25) is 0 Å². The molecule has 2 aliphatic rings. The van der Waals surface area contributed by atoms with E-state index in [0.717, 1.165) is 48.2 Å². The number of amides is 1. The van der Waals surface area contributed by atoms with Crippen LogP contribution >= 0.6 is 0 Å². The molecule has 152 valence electrons. The molecule has 1 amide bonds. The number of hydrogen-bond donors (Lipinski definition) is 2. The maximum absolute atomic E-state index is 13.2. The van der Waals surface area contributed by atoms with Crippen LogP contribution in [0.4, 0.5) is 0 Å². The fourth-order valence-corrected chi connectivity index (χ4v) is 4.73. The van der Waals surface area contributed by atoms with E-state index in [-0.39, 0.29) is 17.5 Å². The van der Waals surface area contributed by atoms with Gasteiger partial charge in [0.25, 0.3) is 5.91 Å². The van der Waals surface area contributed by atoms with Crippen molar-refractivity contribution in [3.63, 3.8) is 0 Å². The molecular formula is C25H24N2O3. The van der Waals surface area contributed by atoms with E-state index in [0.29, 0.717) is 11.3 Å². The van der Waals surface area contributed by atoms with Crippen molar-refractivity contribution in [2.45, 2.75) is 31.7 Å². The van der Waals surface area contributed by atoms with Crippen molar-refractivity contribution in [1.82, 2.24) is 10.6 Å². The highest BCUT2D eigenvalue weighted by atomic mass is 16.4. The average molecular weight is 400 g/mol. The number of carbonyl (C=O) groups is 1. The monoisotopic (exact) mass is 400 g/mol. The molecular weight excluding hydrogens is 376 g/mol. The average Bonchev–Trinajstić information content (AvgIpc) is 3.08. The van der Waals surface area contributed by atoms with Gasteiger partial charge in [-0.3, -0.25) is 4.79 Å². The second kappa shape index (κ2) is 7.58. The first-order chi connectivity index (χ1) is 14.6. The van der Waals surface area contributed by atoms with Crippen molar-refractivity contribution in [2.75, 3.05) is 13.1 Å². The Morgan fingerprint density at radius 2 is 1.60 bits per heavy atom. The second-order valence-electron chi connectivity index (χ2n) is 8.10. The molecule has 2 aromatic carbocycles. The van der Waals surface area contributed by atoms with Crippen molar-refractivity contribution in [1.29, 1.82) is 0 Å². The summed E-state index contributed by atoms with van der Waals surface area (Å²) in [6.45, 7) is 3.64. The Balaban J connectivity index is 1.47. The lowest BCUT2D eigenvalue weighted by molar-refractivity contribution is 0.0938. The molecule has 1 aliphatic carbocycles. The van der Waals surface area contributed by atoms with Gasteiger partial charge >= 0.3 is 5.63 Å². The largest absolute Gasteiger partial charge is 0.427 e. The second-order valence-corrected chi connectivity index (χ2v) is 8.10. The van der Waals surface area contributed by atoms with Gasteiger partial charge in [-0.25, -0.2) is 4.79 Å². The molecule has 1 saturated heterocycles. The Hall–Kier alpha value is -3.18. The molecule has 5 rings (SSSR count). The molecule has 5 heteroatoms. The fraction of sp³-hybridized carbons (Fsp3) is 0.280. The van der Waals surface area contributed by atoms with Crippen LogP contribution in [0.1, 0.15) is 57.6 Å². The van der Waals surface area contributed by atoms with Gasteiger partial charge in [0.2, 0.25) is 0 Å². The highest BCUT2D eigenvalue weighted by molar-refractivity contribution is 5.96. The van der Waals surface area contributed by atoms with Gasteiger partial charge in [-0.1, -0.05) is 48.5 Å². The van der Waals surface area contributed by atoms with E-state index in [1.54, 1.807) is 0 Å². The molecule has 1 aliphatic heterocycles. The van der Waals surface area contributed by atoms with E-state index in [4.69, 9.17) is 4.42 Å². The Labute approximate surface area is 175 Å². The van der Waals surface area contributed by atoms with E-state index in [2.05, 4.69) is 22.8 Å². The molecule has 0 radical (unpaired) electrons. The van der Waals surface area contributed by atoms with E-state index >= 15 is 0 Å². The highest BCUT2D eigenvalue weighted by Gasteiger charge is 2.31. The summed E-state index contributed by atoms with van der Waals surface area (Å²) in [7, 11) is 0. The number of nitrogens with one attached hydrogen (secondary N) is 2. The zero-order valence-corrected chi connectivity index (χ0v) is 16.9. The number of hydrogen-bond acceptors (Lipinski definition) is 4.